The number of hydrogen-bond acceptors (Lipinski definition) is 4. The van der Waals surface area contributed by atoms with Crippen LogP contribution >= 0.6 is 0 Å². The molecule has 0 fully saturated rings. The van der Waals surface area contributed by atoms with Crippen molar-refractivity contribution < 1.29 is 45.4 Å². The molecular formula is C26H23F6NO4. The molecule has 0 aliphatic carbocycles. The van der Waals surface area contributed by atoms with Crippen LogP contribution in [0.2, 0.25) is 0 Å². The predicted octanol–water partition coefficient (Wildman–Crippen LogP) is 7.66. The molecule has 0 spiro atoms. The number of allylic oxidation sites excluding steroid dienone is 1. The number of rotatable bonds is 8. The van der Waals surface area contributed by atoms with Crippen LogP contribution in [-0.2, 0) is 26.7 Å². The predicted molar refractivity (Wildman–Crippen MR) is 124 cm³/mol. The normalized spacial score (nSPS) is 12.5. The number of carbonyl (C=O) groups is 2. The molecule has 0 unspecified atom stereocenters. The van der Waals surface area contributed by atoms with E-state index >= 15 is 0 Å². The number of nitrogens with one attached hydrogen (secondary N) is 1. The Hall–Kier alpha value is -3.76. The summed E-state index contributed by atoms with van der Waals surface area (Å²) in [5, 5.41) is 0.606. The average molecular weight is 527 g/mol. The van der Waals surface area contributed by atoms with Gasteiger partial charge in [-0.25, -0.2) is 0 Å². The lowest BCUT2D eigenvalue weighted by Crippen LogP contribution is -2.14. The van der Waals surface area contributed by atoms with E-state index < -0.39 is 53.0 Å². The monoisotopic (exact) mass is 527 g/mol. The number of ether oxygens (including phenoxy) is 2. The number of halogens is 6. The summed E-state index contributed by atoms with van der Waals surface area (Å²) in [6.45, 7) is 5.31. The van der Waals surface area contributed by atoms with Crippen molar-refractivity contribution in [2.24, 2.45) is 0 Å². The molecular weight excluding hydrogens is 504 g/mol. The number of fused-ring (bicyclic) bond motifs is 1. The third kappa shape index (κ3) is 6.72. The summed E-state index contributed by atoms with van der Waals surface area (Å²) in [4.78, 5) is 26.3. The molecule has 0 amide bonds. The van der Waals surface area contributed by atoms with Crippen LogP contribution in [0, 0.1) is 0 Å². The molecule has 0 atom stereocenters. The molecule has 1 N–H and O–H groups in total. The molecule has 198 valence electrons. The first-order chi connectivity index (χ1) is 17.2. The molecule has 1 heterocycles. The highest BCUT2D eigenvalue weighted by molar-refractivity contribution is 6.04. The van der Waals surface area contributed by atoms with Gasteiger partial charge in [0.15, 0.2) is 11.5 Å². The first kappa shape index (κ1) is 27.8. The lowest BCUT2D eigenvalue weighted by molar-refractivity contribution is -0.146. The molecule has 0 saturated carbocycles. The zero-order valence-electron chi connectivity index (χ0n) is 20.0. The summed E-state index contributed by atoms with van der Waals surface area (Å²) >= 11 is 0. The van der Waals surface area contributed by atoms with Gasteiger partial charge in [-0.05, 0) is 60.4 Å². The van der Waals surface area contributed by atoms with Gasteiger partial charge in [0.25, 0.3) is 0 Å². The molecule has 0 radical (unpaired) electrons. The Morgan fingerprint density at radius 1 is 1.00 bits per heavy atom. The summed E-state index contributed by atoms with van der Waals surface area (Å²) in [6, 6.07) is 5.05. The molecule has 1 aromatic heterocycles. The number of benzene rings is 2. The molecule has 0 saturated heterocycles. The Balaban J connectivity index is 2.08. The smallest absolute Gasteiger partial charge is 0.420 e. The number of aromatic amines is 1. The Morgan fingerprint density at radius 2 is 1.62 bits per heavy atom. The lowest BCUT2D eigenvalue weighted by Gasteiger charge is -2.20. The topological polar surface area (TPSA) is 68.4 Å². The van der Waals surface area contributed by atoms with Crippen molar-refractivity contribution in [3.8, 4) is 11.5 Å². The standard InChI is InChI=1S/C26H23F6NO4/c1-4-36-23(35)11-16(34)6-5-15-9-20(25(27,28)29)24(21(10-15)26(30,31)32)37-17-7-8-22-18(12-17)19(13-33-22)14(2)3/h5-10,12-14,33H,4,11H2,1-3H3/b6-5+. The van der Waals surface area contributed by atoms with Gasteiger partial charge >= 0.3 is 18.3 Å². The second-order valence-corrected chi connectivity index (χ2v) is 8.43. The van der Waals surface area contributed by atoms with Gasteiger partial charge in [-0.2, -0.15) is 26.3 Å². The Kier molecular flexibility index (Phi) is 8.04. The molecule has 0 aliphatic heterocycles. The maximum atomic E-state index is 13.9. The Bertz CT molecular complexity index is 1300. The largest absolute Gasteiger partial charge is 0.466 e. The number of carbonyl (C=O) groups excluding carboxylic acids is 2. The second kappa shape index (κ2) is 10.7. The zero-order valence-corrected chi connectivity index (χ0v) is 20.0. The van der Waals surface area contributed by atoms with Crippen molar-refractivity contribution in [2.75, 3.05) is 6.61 Å². The first-order valence-electron chi connectivity index (χ1n) is 11.2. The van der Waals surface area contributed by atoms with Gasteiger partial charge in [0, 0.05) is 17.1 Å². The molecule has 3 aromatic rings. The van der Waals surface area contributed by atoms with Crippen LogP contribution in [0.1, 0.15) is 55.4 Å². The number of hydrogen-bond donors (Lipinski definition) is 1. The summed E-state index contributed by atoms with van der Waals surface area (Å²) < 4.78 is 93.4. The van der Waals surface area contributed by atoms with Gasteiger partial charge in [0.2, 0.25) is 0 Å². The van der Waals surface area contributed by atoms with Crippen LogP contribution in [0.3, 0.4) is 0 Å². The molecule has 0 bridgehead atoms. The van der Waals surface area contributed by atoms with E-state index in [1.54, 1.807) is 6.20 Å². The molecule has 2 aromatic carbocycles. The molecule has 0 aliphatic rings. The van der Waals surface area contributed by atoms with Gasteiger partial charge < -0.3 is 14.5 Å². The maximum absolute atomic E-state index is 13.9. The van der Waals surface area contributed by atoms with Crippen molar-refractivity contribution in [3.05, 3.63) is 64.9 Å². The van der Waals surface area contributed by atoms with E-state index in [-0.39, 0.29) is 18.3 Å². The third-order valence-corrected chi connectivity index (χ3v) is 5.33. The number of ketones is 1. The van der Waals surface area contributed by atoms with Crippen LogP contribution in [0.4, 0.5) is 26.3 Å². The molecule has 11 heteroatoms. The highest BCUT2D eigenvalue weighted by Gasteiger charge is 2.43. The van der Waals surface area contributed by atoms with Crippen LogP contribution in [0.5, 0.6) is 11.5 Å². The van der Waals surface area contributed by atoms with Crippen LogP contribution in [0.25, 0.3) is 17.0 Å². The van der Waals surface area contributed by atoms with Crippen LogP contribution in [-0.4, -0.2) is 23.3 Å². The summed E-state index contributed by atoms with van der Waals surface area (Å²) in [6.07, 6.45) is -7.92. The SMILES string of the molecule is CCOC(=O)CC(=O)/C=C/c1cc(C(F)(F)F)c(Oc2ccc3[nH]cc(C(C)C)c3c2)c(C(F)(F)F)c1. The highest BCUT2D eigenvalue weighted by Crippen LogP contribution is 2.47. The minimum Gasteiger partial charge on any atom is -0.466 e. The lowest BCUT2D eigenvalue weighted by atomic mass is 10.0. The molecule has 37 heavy (non-hydrogen) atoms. The van der Waals surface area contributed by atoms with Gasteiger partial charge in [0.05, 0.1) is 17.7 Å². The summed E-state index contributed by atoms with van der Waals surface area (Å²) in [7, 11) is 0. The van der Waals surface area contributed by atoms with Gasteiger partial charge in [-0.3, -0.25) is 9.59 Å². The number of H-pyrrole nitrogens is 1. The fourth-order valence-electron chi connectivity index (χ4n) is 3.66. The maximum Gasteiger partial charge on any atom is 0.420 e. The van der Waals surface area contributed by atoms with E-state index in [0.717, 1.165) is 17.7 Å². The first-order valence-corrected chi connectivity index (χ1v) is 11.2. The minimum atomic E-state index is -5.21. The van der Waals surface area contributed by atoms with E-state index in [9.17, 15) is 35.9 Å². The van der Waals surface area contributed by atoms with E-state index in [4.69, 9.17) is 4.74 Å². The van der Waals surface area contributed by atoms with Crippen molar-refractivity contribution in [3.63, 3.8) is 0 Å². The van der Waals surface area contributed by atoms with E-state index in [1.807, 2.05) is 13.8 Å². The molecule has 5 nitrogen and oxygen atoms in total. The number of aromatic nitrogens is 1. The summed E-state index contributed by atoms with van der Waals surface area (Å²) in [5.41, 5.74) is -2.42. The Labute approximate surface area is 208 Å². The fraction of sp³-hybridized carbons (Fsp3) is 0.308. The molecule has 3 rings (SSSR count). The van der Waals surface area contributed by atoms with Gasteiger partial charge in [-0.15, -0.1) is 0 Å². The van der Waals surface area contributed by atoms with Gasteiger partial charge in [0.1, 0.15) is 12.2 Å². The number of esters is 1. The van der Waals surface area contributed by atoms with Gasteiger partial charge in [-0.1, -0.05) is 19.9 Å². The van der Waals surface area contributed by atoms with Crippen molar-refractivity contribution in [1.29, 1.82) is 0 Å². The van der Waals surface area contributed by atoms with E-state index in [0.29, 0.717) is 23.0 Å². The highest BCUT2D eigenvalue weighted by atomic mass is 19.4. The van der Waals surface area contributed by atoms with Crippen molar-refractivity contribution in [1.82, 2.24) is 4.98 Å². The minimum absolute atomic E-state index is 0.0109. The number of alkyl halides is 6. The van der Waals surface area contributed by atoms with Crippen LogP contribution < -0.4 is 4.74 Å². The Morgan fingerprint density at radius 3 is 2.16 bits per heavy atom. The van der Waals surface area contributed by atoms with E-state index in [1.165, 1.54) is 25.1 Å². The summed E-state index contributed by atoms with van der Waals surface area (Å²) in [5.74, 6) is -3.29. The fourth-order valence-corrected chi connectivity index (χ4v) is 3.66. The third-order valence-electron chi connectivity index (χ3n) is 5.33. The van der Waals surface area contributed by atoms with Crippen molar-refractivity contribution in [2.45, 2.75) is 45.5 Å². The van der Waals surface area contributed by atoms with Crippen LogP contribution in [0.15, 0.2) is 42.6 Å². The average Bonchev–Trinajstić information content (AvgIpc) is 3.20. The van der Waals surface area contributed by atoms with Crippen molar-refractivity contribution >= 4 is 28.7 Å². The van der Waals surface area contributed by atoms with E-state index in [2.05, 4.69) is 9.72 Å². The second-order valence-electron chi connectivity index (χ2n) is 8.43. The zero-order chi connectivity index (χ0) is 27.5. The quantitative estimate of drug-likeness (QED) is 0.141.